The molecule has 24 heavy (non-hydrogen) atoms. The van der Waals surface area contributed by atoms with Crippen LogP contribution in [-0.2, 0) is 6.54 Å². The van der Waals surface area contributed by atoms with Gasteiger partial charge in [-0.3, -0.25) is 9.36 Å². The number of carbonyl (C=O) groups is 1. The van der Waals surface area contributed by atoms with Gasteiger partial charge in [0.15, 0.2) is 0 Å². The number of imidazole rings is 1. The first-order valence-corrected chi connectivity index (χ1v) is 7.76. The molecule has 1 N–H and O–H groups in total. The van der Waals surface area contributed by atoms with Gasteiger partial charge < -0.3 is 10.2 Å². The molecule has 2 aromatic carbocycles. The fraction of sp³-hybridized carbons (Fsp3) is 0.158. The van der Waals surface area contributed by atoms with E-state index in [4.69, 9.17) is 0 Å². The van der Waals surface area contributed by atoms with Gasteiger partial charge in [0.05, 0.1) is 12.5 Å². The molecule has 5 nitrogen and oxygen atoms in total. The molecule has 0 aliphatic rings. The Balaban J connectivity index is 1.81. The van der Waals surface area contributed by atoms with Crippen molar-refractivity contribution in [3.63, 3.8) is 0 Å². The molecule has 0 radical (unpaired) electrons. The minimum atomic E-state index is -0.182. The molecule has 5 heteroatoms. The van der Waals surface area contributed by atoms with Crippen molar-refractivity contribution in [2.45, 2.75) is 6.54 Å². The Labute approximate surface area is 141 Å². The van der Waals surface area contributed by atoms with E-state index in [0.29, 0.717) is 5.69 Å². The topological polar surface area (TPSA) is 50.2 Å². The quantitative estimate of drug-likeness (QED) is 0.785. The first-order valence-electron chi connectivity index (χ1n) is 7.76. The summed E-state index contributed by atoms with van der Waals surface area (Å²) in [4.78, 5) is 18.8. The van der Waals surface area contributed by atoms with Crippen LogP contribution in [0.3, 0.4) is 0 Å². The molecular weight excluding hydrogens is 300 g/mol. The highest BCUT2D eigenvalue weighted by Crippen LogP contribution is 2.15. The predicted molar refractivity (Wildman–Crippen MR) is 95.4 cm³/mol. The van der Waals surface area contributed by atoms with Gasteiger partial charge in [-0.25, -0.2) is 4.98 Å². The van der Waals surface area contributed by atoms with Crippen LogP contribution in [0.15, 0.2) is 67.1 Å². The average molecular weight is 320 g/mol. The molecule has 122 valence electrons. The van der Waals surface area contributed by atoms with E-state index in [-0.39, 0.29) is 5.91 Å². The van der Waals surface area contributed by atoms with Crippen LogP contribution in [0.5, 0.6) is 0 Å². The SMILES string of the molecule is CN(C)Cc1cccc(NC(=O)c2cncn2-c2ccccc2)c1. The van der Waals surface area contributed by atoms with Gasteiger partial charge in [0.2, 0.25) is 0 Å². The lowest BCUT2D eigenvalue weighted by Gasteiger charge is -2.12. The zero-order valence-corrected chi connectivity index (χ0v) is 13.8. The lowest BCUT2D eigenvalue weighted by atomic mass is 10.2. The summed E-state index contributed by atoms with van der Waals surface area (Å²) in [6.45, 7) is 0.825. The van der Waals surface area contributed by atoms with Gasteiger partial charge in [0.1, 0.15) is 5.69 Å². The van der Waals surface area contributed by atoms with Gasteiger partial charge in [-0.1, -0.05) is 30.3 Å². The molecule has 0 unspecified atom stereocenters. The molecule has 0 spiro atoms. The fourth-order valence-electron chi connectivity index (χ4n) is 2.57. The zero-order chi connectivity index (χ0) is 16.9. The smallest absolute Gasteiger partial charge is 0.274 e. The number of anilines is 1. The van der Waals surface area contributed by atoms with Crippen LogP contribution in [0.2, 0.25) is 0 Å². The molecule has 0 saturated carbocycles. The largest absolute Gasteiger partial charge is 0.321 e. The van der Waals surface area contributed by atoms with Crippen molar-refractivity contribution in [3.05, 3.63) is 78.4 Å². The Hall–Kier alpha value is -2.92. The van der Waals surface area contributed by atoms with Crippen molar-refractivity contribution in [2.75, 3.05) is 19.4 Å². The van der Waals surface area contributed by atoms with Crippen molar-refractivity contribution in [1.82, 2.24) is 14.5 Å². The Morgan fingerprint density at radius 1 is 1.12 bits per heavy atom. The number of amides is 1. The highest BCUT2D eigenvalue weighted by molar-refractivity contribution is 6.03. The van der Waals surface area contributed by atoms with Gasteiger partial charge in [0, 0.05) is 17.9 Å². The summed E-state index contributed by atoms with van der Waals surface area (Å²) < 4.78 is 1.78. The maximum absolute atomic E-state index is 12.6. The number of hydrogen-bond acceptors (Lipinski definition) is 3. The predicted octanol–water partition coefficient (Wildman–Crippen LogP) is 3.19. The van der Waals surface area contributed by atoms with Gasteiger partial charge >= 0.3 is 0 Å². The maximum Gasteiger partial charge on any atom is 0.274 e. The van der Waals surface area contributed by atoms with Gasteiger partial charge in [-0.2, -0.15) is 0 Å². The summed E-state index contributed by atoms with van der Waals surface area (Å²) in [5.41, 5.74) is 3.33. The van der Waals surface area contributed by atoms with Gasteiger partial charge in [0.25, 0.3) is 5.91 Å². The molecule has 1 amide bonds. The second-order valence-electron chi connectivity index (χ2n) is 5.88. The highest BCUT2D eigenvalue weighted by atomic mass is 16.2. The zero-order valence-electron chi connectivity index (χ0n) is 13.8. The molecule has 3 aromatic rings. The number of hydrogen-bond donors (Lipinski definition) is 1. The number of benzene rings is 2. The van der Waals surface area contributed by atoms with Gasteiger partial charge in [-0.05, 0) is 43.9 Å². The third kappa shape index (κ3) is 3.70. The summed E-state index contributed by atoms with van der Waals surface area (Å²) in [7, 11) is 4.04. The van der Waals surface area contributed by atoms with Crippen molar-refractivity contribution in [1.29, 1.82) is 0 Å². The molecule has 0 atom stereocenters. The van der Waals surface area contributed by atoms with Crippen LogP contribution in [-0.4, -0.2) is 34.5 Å². The Morgan fingerprint density at radius 2 is 1.92 bits per heavy atom. The molecule has 0 bridgehead atoms. The first-order chi connectivity index (χ1) is 11.6. The van der Waals surface area contributed by atoms with E-state index in [1.54, 1.807) is 17.1 Å². The van der Waals surface area contributed by atoms with Crippen LogP contribution >= 0.6 is 0 Å². The number of aromatic nitrogens is 2. The number of carbonyl (C=O) groups excluding carboxylic acids is 1. The fourth-order valence-corrected chi connectivity index (χ4v) is 2.57. The molecule has 3 rings (SSSR count). The van der Waals surface area contributed by atoms with E-state index >= 15 is 0 Å². The van der Waals surface area contributed by atoms with Crippen molar-refractivity contribution in [3.8, 4) is 5.69 Å². The van der Waals surface area contributed by atoms with Gasteiger partial charge in [-0.15, -0.1) is 0 Å². The number of nitrogens with zero attached hydrogens (tertiary/aromatic N) is 3. The molecule has 0 aliphatic carbocycles. The second-order valence-corrected chi connectivity index (χ2v) is 5.88. The number of rotatable bonds is 5. The number of nitrogens with one attached hydrogen (secondary N) is 1. The van der Waals surface area contributed by atoms with Crippen LogP contribution in [0.4, 0.5) is 5.69 Å². The minimum Gasteiger partial charge on any atom is -0.321 e. The third-order valence-electron chi connectivity index (χ3n) is 3.59. The summed E-state index contributed by atoms with van der Waals surface area (Å²) in [6.07, 6.45) is 3.22. The van der Waals surface area contributed by atoms with Crippen LogP contribution in [0.25, 0.3) is 5.69 Å². The molecule has 0 saturated heterocycles. The van der Waals surface area contributed by atoms with Crippen LogP contribution < -0.4 is 5.32 Å². The Kier molecular flexibility index (Phi) is 4.72. The van der Waals surface area contributed by atoms with E-state index in [2.05, 4.69) is 15.2 Å². The normalized spacial score (nSPS) is 10.8. The van der Waals surface area contributed by atoms with E-state index in [9.17, 15) is 4.79 Å². The summed E-state index contributed by atoms with van der Waals surface area (Å²) in [6, 6.07) is 17.6. The van der Waals surface area contributed by atoms with Crippen molar-refractivity contribution in [2.24, 2.45) is 0 Å². The molecule has 0 fully saturated rings. The van der Waals surface area contributed by atoms with E-state index in [1.165, 1.54) is 0 Å². The highest BCUT2D eigenvalue weighted by Gasteiger charge is 2.13. The summed E-state index contributed by atoms with van der Waals surface area (Å²) in [5.74, 6) is -0.182. The first kappa shape index (κ1) is 16.0. The lowest BCUT2D eigenvalue weighted by molar-refractivity contribution is 0.102. The van der Waals surface area contributed by atoms with E-state index in [1.807, 2.05) is 68.7 Å². The second kappa shape index (κ2) is 7.10. The Bertz CT molecular complexity index is 824. The van der Waals surface area contributed by atoms with Crippen LogP contribution in [0, 0.1) is 0 Å². The summed E-state index contributed by atoms with van der Waals surface area (Å²) >= 11 is 0. The minimum absolute atomic E-state index is 0.182. The van der Waals surface area contributed by atoms with E-state index in [0.717, 1.165) is 23.5 Å². The maximum atomic E-state index is 12.6. The Morgan fingerprint density at radius 3 is 2.67 bits per heavy atom. The van der Waals surface area contributed by atoms with Crippen molar-refractivity contribution >= 4 is 11.6 Å². The summed E-state index contributed by atoms with van der Waals surface area (Å²) in [5, 5.41) is 2.95. The van der Waals surface area contributed by atoms with E-state index < -0.39 is 0 Å². The molecule has 0 aliphatic heterocycles. The molecule has 1 heterocycles. The number of para-hydroxylation sites is 1. The van der Waals surface area contributed by atoms with Crippen molar-refractivity contribution < 1.29 is 4.79 Å². The van der Waals surface area contributed by atoms with Crippen LogP contribution in [0.1, 0.15) is 16.1 Å². The lowest BCUT2D eigenvalue weighted by Crippen LogP contribution is -2.16. The third-order valence-corrected chi connectivity index (χ3v) is 3.59. The monoisotopic (exact) mass is 320 g/mol. The molecule has 1 aromatic heterocycles. The average Bonchev–Trinajstić information content (AvgIpc) is 3.05. The molecular formula is C19H20N4O. The standard InChI is InChI=1S/C19H20N4O/c1-22(2)13-15-7-6-8-16(11-15)21-19(24)18-12-20-14-23(18)17-9-4-3-5-10-17/h3-12,14H,13H2,1-2H3,(H,21,24).